The predicted octanol–water partition coefficient (Wildman–Crippen LogP) is 3.95. The third-order valence-corrected chi connectivity index (χ3v) is 2.38. The Balaban J connectivity index is 3.04. The van der Waals surface area contributed by atoms with Gasteiger partial charge in [0, 0.05) is 3.57 Å². The summed E-state index contributed by atoms with van der Waals surface area (Å²) in [5.41, 5.74) is 0.891. The van der Waals surface area contributed by atoms with Gasteiger partial charge >= 0.3 is 0 Å². The Morgan fingerprint density at radius 2 is 2.09 bits per heavy atom. The minimum atomic E-state index is -0.346. The lowest BCUT2D eigenvalue weighted by molar-refractivity contribution is 0.711. The molecular weight excluding hydrogens is 322 g/mol. The van der Waals surface area contributed by atoms with Crippen molar-refractivity contribution >= 4 is 44.6 Å². The highest BCUT2D eigenvalue weighted by atomic mass is 127. The zero-order valence-corrected chi connectivity index (χ0v) is 9.26. The summed E-state index contributed by atoms with van der Waals surface area (Å²) in [5.74, 6) is 0. The zero-order valence-electron chi connectivity index (χ0n) is 5.52. The first kappa shape index (κ1) is 9.19. The molecule has 0 aliphatic rings. The summed E-state index contributed by atoms with van der Waals surface area (Å²) in [4.78, 5) is 0. The lowest BCUT2D eigenvalue weighted by Crippen LogP contribution is -1.76. The minimum Gasteiger partial charge on any atom is -0.199 e. The summed E-state index contributed by atoms with van der Waals surface area (Å²) in [5, 5.41) is 0. The Kier molecular flexibility index (Phi) is 3.51. The molecule has 0 unspecified atom stereocenters. The van der Waals surface area contributed by atoms with E-state index in [4.69, 9.17) is 0 Å². The van der Waals surface area contributed by atoms with Crippen molar-refractivity contribution in [1.82, 2.24) is 0 Å². The van der Waals surface area contributed by atoms with Crippen LogP contribution in [0.25, 0.3) is 6.08 Å². The van der Waals surface area contributed by atoms with Gasteiger partial charge in [-0.05, 0) is 56.2 Å². The molecule has 58 valence electrons. The maximum Gasteiger partial charge on any atom is 0.166 e. The summed E-state index contributed by atoms with van der Waals surface area (Å²) >= 11 is 4.90. The van der Waals surface area contributed by atoms with E-state index in [-0.39, 0.29) is 4.74 Å². The van der Waals surface area contributed by atoms with Crippen molar-refractivity contribution in [3.63, 3.8) is 0 Å². The van der Waals surface area contributed by atoms with E-state index in [0.29, 0.717) is 0 Å². The first-order valence-corrected chi connectivity index (χ1v) is 4.84. The van der Waals surface area contributed by atoms with Crippen LogP contribution in [0.4, 0.5) is 4.39 Å². The maximum absolute atomic E-state index is 12.3. The summed E-state index contributed by atoms with van der Waals surface area (Å²) in [6.45, 7) is 0. The monoisotopic (exact) mass is 326 g/mol. The summed E-state index contributed by atoms with van der Waals surface area (Å²) in [6.07, 6.45) is 1.45. The molecular formula is C8H5BrFI. The number of rotatable bonds is 1. The van der Waals surface area contributed by atoms with Gasteiger partial charge in [0.2, 0.25) is 0 Å². The lowest BCUT2D eigenvalue weighted by Gasteiger charge is -1.95. The fourth-order valence-electron chi connectivity index (χ4n) is 0.710. The molecule has 0 amide bonds. The van der Waals surface area contributed by atoms with Gasteiger partial charge in [0.25, 0.3) is 0 Å². The number of hydrogen-bond donors (Lipinski definition) is 0. The van der Waals surface area contributed by atoms with Gasteiger partial charge in [0.15, 0.2) is 4.74 Å². The van der Waals surface area contributed by atoms with Crippen molar-refractivity contribution in [3.8, 4) is 0 Å². The third-order valence-electron chi connectivity index (χ3n) is 1.17. The second-order valence-corrected chi connectivity index (χ2v) is 3.88. The van der Waals surface area contributed by atoms with E-state index >= 15 is 0 Å². The third kappa shape index (κ3) is 2.91. The molecule has 0 fully saturated rings. The van der Waals surface area contributed by atoms with Crippen LogP contribution in [0.2, 0.25) is 0 Å². The van der Waals surface area contributed by atoms with Crippen molar-refractivity contribution in [2.75, 3.05) is 0 Å². The molecule has 1 aromatic rings. The van der Waals surface area contributed by atoms with E-state index in [1.54, 1.807) is 0 Å². The Hall–Kier alpha value is 0.100. The SMILES string of the molecule is F/C(Br)=C/c1ccccc1I. The molecule has 3 heteroatoms. The molecule has 0 atom stereocenters. The molecule has 0 heterocycles. The van der Waals surface area contributed by atoms with E-state index in [0.717, 1.165) is 9.13 Å². The molecule has 1 aromatic carbocycles. The summed E-state index contributed by atoms with van der Waals surface area (Å²) < 4.78 is 13.0. The van der Waals surface area contributed by atoms with Gasteiger partial charge in [0.05, 0.1) is 0 Å². The molecule has 0 aliphatic heterocycles. The molecule has 0 spiro atoms. The van der Waals surface area contributed by atoms with E-state index in [2.05, 4.69) is 38.5 Å². The highest BCUT2D eigenvalue weighted by Crippen LogP contribution is 2.17. The maximum atomic E-state index is 12.3. The van der Waals surface area contributed by atoms with Crippen molar-refractivity contribution in [1.29, 1.82) is 0 Å². The molecule has 11 heavy (non-hydrogen) atoms. The largest absolute Gasteiger partial charge is 0.199 e. The molecule has 0 saturated heterocycles. The van der Waals surface area contributed by atoms with Gasteiger partial charge in [-0.2, -0.15) is 4.39 Å². The second kappa shape index (κ2) is 4.21. The van der Waals surface area contributed by atoms with Crippen LogP contribution in [0.1, 0.15) is 5.56 Å². The lowest BCUT2D eigenvalue weighted by atomic mass is 10.2. The van der Waals surface area contributed by atoms with Crippen LogP contribution in [0.5, 0.6) is 0 Å². The topological polar surface area (TPSA) is 0 Å². The highest BCUT2D eigenvalue weighted by Gasteiger charge is 1.94. The van der Waals surface area contributed by atoms with Crippen LogP contribution in [-0.2, 0) is 0 Å². The van der Waals surface area contributed by atoms with Crippen molar-refractivity contribution in [3.05, 3.63) is 38.1 Å². The number of hydrogen-bond acceptors (Lipinski definition) is 0. The van der Waals surface area contributed by atoms with E-state index < -0.39 is 0 Å². The van der Waals surface area contributed by atoms with Crippen LogP contribution >= 0.6 is 38.5 Å². The van der Waals surface area contributed by atoms with Crippen molar-refractivity contribution in [2.24, 2.45) is 0 Å². The molecule has 0 N–H and O–H groups in total. The Labute approximate surface area is 86.8 Å². The van der Waals surface area contributed by atoms with Gasteiger partial charge in [-0.3, -0.25) is 0 Å². The minimum absolute atomic E-state index is 0.346. The normalized spacial score (nSPS) is 11.7. The summed E-state index contributed by atoms with van der Waals surface area (Å²) in [6, 6.07) is 7.60. The number of halogens is 3. The summed E-state index contributed by atoms with van der Waals surface area (Å²) in [7, 11) is 0. The first-order chi connectivity index (χ1) is 5.20. The van der Waals surface area contributed by atoms with Gasteiger partial charge in [-0.1, -0.05) is 18.2 Å². The molecule has 1 rings (SSSR count). The standard InChI is InChI=1S/C8H5BrFI/c9-8(10)5-6-3-1-2-4-7(6)11/h1-5H/b8-5+. The van der Waals surface area contributed by atoms with Gasteiger partial charge in [-0.25, -0.2) is 0 Å². The van der Waals surface area contributed by atoms with Crippen molar-refractivity contribution < 1.29 is 4.39 Å². The van der Waals surface area contributed by atoms with E-state index in [9.17, 15) is 4.39 Å². The van der Waals surface area contributed by atoms with Gasteiger partial charge < -0.3 is 0 Å². The molecule has 0 aromatic heterocycles. The second-order valence-electron chi connectivity index (χ2n) is 1.96. The van der Waals surface area contributed by atoms with Crippen LogP contribution in [-0.4, -0.2) is 0 Å². The van der Waals surface area contributed by atoms with Crippen LogP contribution < -0.4 is 0 Å². The Bertz CT molecular complexity index is 279. The fourth-order valence-corrected chi connectivity index (χ4v) is 1.50. The molecule has 0 bridgehead atoms. The Morgan fingerprint density at radius 3 is 2.64 bits per heavy atom. The average Bonchev–Trinajstić information content (AvgIpc) is 1.93. The quantitative estimate of drug-likeness (QED) is 0.685. The average molecular weight is 327 g/mol. The van der Waals surface area contributed by atoms with Crippen LogP contribution in [0.15, 0.2) is 29.0 Å². The zero-order chi connectivity index (χ0) is 8.27. The Morgan fingerprint density at radius 1 is 1.45 bits per heavy atom. The first-order valence-electron chi connectivity index (χ1n) is 2.97. The smallest absolute Gasteiger partial charge is 0.166 e. The molecule has 0 aliphatic carbocycles. The molecule has 0 saturated carbocycles. The predicted molar refractivity (Wildman–Crippen MR) is 57.2 cm³/mol. The molecule has 0 radical (unpaired) electrons. The van der Waals surface area contributed by atoms with Crippen molar-refractivity contribution in [2.45, 2.75) is 0 Å². The van der Waals surface area contributed by atoms with E-state index in [1.165, 1.54) is 6.08 Å². The fraction of sp³-hybridized carbons (Fsp3) is 0. The van der Waals surface area contributed by atoms with Crippen LogP contribution in [0, 0.1) is 3.57 Å². The van der Waals surface area contributed by atoms with Gasteiger partial charge in [-0.15, -0.1) is 0 Å². The van der Waals surface area contributed by atoms with Crippen LogP contribution in [0.3, 0.4) is 0 Å². The highest BCUT2D eigenvalue weighted by molar-refractivity contribution is 14.1. The number of benzene rings is 1. The van der Waals surface area contributed by atoms with Gasteiger partial charge in [0.1, 0.15) is 0 Å². The van der Waals surface area contributed by atoms with E-state index in [1.807, 2.05) is 24.3 Å². The molecule has 0 nitrogen and oxygen atoms in total.